The molecule has 13 heteroatoms. The number of nitrogens with zero attached hydrogens (tertiary/aromatic N) is 5. The van der Waals surface area contributed by atoms with E-state index in [1.165, 1.54) is 42.2 Å². The molecular formula is C19H15N7O4S2. The van der Waals surface area contributed by atoms with Gasteiger partial charge < -0.3 is 15.1 Å². The topological polar surface area (TPSA) is 149 Å². The number of non-ortho nitro benzene ring substituents is 1. The number of hydrogen-bond donors (Lipinski definition) is 2. The average Bonchev–Trinajstić information content (AvgIpc) is 3.41. The predicted octanol–water partition coefficient (Wildman–Crippen LogP) is 4.49. The molecule has 0 saturated heterocycles. The summed E-state index contributed by atoms with van der Waals surface area (Å²) in [6.07, 6.45) is 0. The van der Waals surface area contributed by atoms with Gasteiger partial charge in [-0.3, -0.25) is 14.9 Å². The Bertz CT molecular complexity index is 1260. The van der Waals surface area contributed by atoms with Crippen molar-refractivity contribution in [1.82, 2.24) is 20.4 Å². The fourth-order valence-electron chi connectivity index (χ4n) is 2.60. The summed E-state index contributed by atoms with van der Waals surface area (Å²) in [6.45, 7) is 1.45. The van der Waals surface area contributed by atoms with Gasteiger partial charge in [0.1, 0.15) is 0 Å². The van der Waals surface area contributed by atoms with Gasteiger partial charge in [-0.05, 0) is 30.3 Å². The Morgan fingerprint density at radius 1 is 1.12 bits per heavy atom. The number of thioether (sulfide) groups is 1. The van der Waals surface area contributed by atoms with Crippen LogP contribution < -0.4 is 10.6 Å². The van der Waals surface area contributed by atoms with Gasteiger partial charge in [0.25, 0.3) is 5.69 Å². The lowest BCUT2D eigenvalue weighted by Gasteiger charge is -2.05. The highest BCUT2D eigenvalue weighted by molar-refractivity contribution is 8.00. The molecule has 0 bridgehead atoms. The molecule has 0 unspecified atom stereocenters. The normalized spacial score (nSPS) is 10.7. The summed E-state index contributed by atoms with van der Waals surface area (Å²) in [5.74, 6) is 0.937. The van der Waals surface area contributed by atoms with E-state index in [0.717, 1.165) is 5.69 Å². The SMILES string of the molecule is CC(=O)Nc1cccc(Nc2nnc(SCc3nnc(-c4ccc([N+](=O)[O-])cc4)o3)s2)c1. The van der Waals surface area contributed by atoms with Gasteiger partial charge in [0, 0.05) is 36.0 Å². The number of nitrogens with one attached hydrogen (secondary N) is 2. The number of hydrogen-bond acceptors (Lipinski definition) is 11. The van der Waals surface area contributed by atoms with Gasteiger partial charge in [-0.15, -0.1) is 20.4 Å². The maximum atomic E-state index is 11.2. The first-order valence-electron chi connectivity index (χ1n) is 9.14. The Balaban J connectivity index is 1.35. The molecule has 11 nitrogen and oxygen atoms in total. The van der Waals surface area contributed by atoms with Crippen molar-refractivity contribution in [2.24, 2.45) is 0 Å². The van der Waals surface area contributed by atoms with E-state index < -0.39 is 4.92 Å². The Morgan fingerprint density at radius 3 is 2.66 bits per heavy atom. The van der Waals surface area contributed by atoms with Crippen LogP contribution in [0, 0.1) is 10.1 Å². The van der Waals surface area contributed by atoms with Gasteiger partial charge in [-0.1, -0.05) is 29.2 Å². The molecule has 2 aromatic heterocycles. The zero-order valence-corrected chi connectivity index (χ0v) is 18.1. The molecule has 0 aliphatic heterocycles. The molecule has 0 fully saturated rings. The van der Waals surface area contributed by atoms with Crippen LogP contribution in [-0.2, 0) is 10.5 Å². The number of nitro benzene ring substituents is 1. The number of nitro groups is 1. The smallest absolute Gasteiger partial charge is 0.269 e. The van der Waals surface area contributed by atoms with Crippen molar-refractivity contribution < 1.29 is 14.1 Å². The van der Waals surface area contributed by atoms with Crippen LogP contribution in [0.15, 0.2) is 57.3 Å². The molecule has 32 heavy (non-hydrogen) atoms. The third kappa shape index (κ3) is 5.44. The first-order valence-corrected chi connectivity index (χ1v) is 10.9. The summed E-state index contributed by atoms with van der Waals surface area (Å²) in [6, 6.07) is 13.2. The quantitative estimate of drug-likeness (QED) is 0.215. The van der Waals surface area contributed by atoms with E-state index in [4.69, 9.17) is 4.42 Å². The number of amides is 1. The maximum absolute atomic E-state index is 11.2. The second-order valence-electron chi connectivity index (χ2n) is 6.35. The van der Waals surface area contributed by atoms with Crippen molar-refractivity contribution in [2.45, 2.75) is 17.0 Å². The molecule has 0 aliphatic rings. The molecule has 2 heterocycles. The lowest BCUT2D eigenvalue weighted by atomic mass is 10.2. The molecule has 4 aromatic rings. The summed E-state index contributed by atoms with van der Waals surface area (Å²) < 4.78 is 6.34. The van der Waals surface area contributed by atoms with E-state index >= 15 is 0 Å². The molecule has 0 aliphatic carbocycles. The molecule has 2 N–H and O–H groups in total. The van der Waals surface area contributed by atoms with Crippen molar-refractivity contribution in [1.29, 1.82) is 0 Å². The summed E-state index contributed by atoms with van der Waals surface area (Å²) in [5, 5.41) is 33.5. The van der Waals surface area contributed by atoms with E-state index in [9.17, 15) is 14.9 Å². The summed E-state index contributed by atoms with van der Waals surface area (Å²) in [5.41, 5.74) is 2.05. The maximum Gasteiger partial charge on any atom is 0.269 e. The minimum Gasteiger partial charge on any atom is -0.420 e. The fraction of sp³-hybridized carbons (Fsp3) is 0.105. The first-order chi connectivity index (χ1) is 15.5. The lowest BCUT2D eigenvalue weighted by Crippen LogP contribution is -2.05. The summed E-state index contributed by atoms with van der Waals surface area (Å²) in [4.78, 5) is 21.5. The molecular weight excluding hydrogens is 454 g/mol. The van der Waals surface area contributed by atoms with Gasteiger partial charge in [-0.25, -0.2) is 0 Å². The Hall–Kier alpha value is -3.84. The van der Waals surface area contributed by atoms with Gasteiger partial charge in [0.2, 0.25) is 22.8 Å². The van der Waals surface area contributed by atoms with Crippen molar-refractivity contribution >= 4 is 51.2 Å². The third-order valence-electron chi connectivity index (χ3n) is 3.95. The van der Waals surface area contributed by atoms with Gasteiger partial charge in [0.05, 0.1) is 10.7 Å². The Morgan fingerprint density at radius 2 is 1.91 bits per heavy atom. The van der Waals surface area contributed by atoms with E-state index in [1.807, 2.05) is 12.1 Å². The first kappa shape index (κ1) is 21.4. The van der Waals surface area contributed by atoms with E-state index in [2.05, 4.69) is 31.0 Å². The van der Waals surface area contributed by atoms with Crippen molar-refractivity contribution in [3.8, 4) is 11.5 Å². The average molecular weight is 470 g/mol. The Labute approximate surface area is 189 Å². The number of benzene rings is 2. The second-order valence-corrected chi connectivity index (χ2v) is 8.55. The number of aromatic nitrogens is 4. The van der Waals surface area contributed by atoms with Crippen molar-refractivity contribution in [3.63, 3.8) is 0 Å². The fourth-order valence-corrected chi connectivity index (χ4v) is 4.21. The highest BCUT2D eigenvalue weighted by Crippen LogP contribution is 2.31. The lowest BCUT2D eigenvalue weighted by molar-refractivity contribution is -0.384. The largest absolute Gasteiger partial charge is 0.420 e. The van der Waals surface area contributed by atoms with E-state index in [0.29, 0.717) is 32.4 Å². The zero-order chi connectivity index (χ0) is 22.5. The third-order valence-corrected chi connectivity index (χ3v) is 5.91. The molecule has 0 saturated carbocycles. The van der Waals surface area contributed by atoms with Gasteiger partial charge in [0.15, 0.2) is 4.34 Å². The molecule has 0 spiro atoms. The van der Waals surface area contributed by atoms with Crippen LogP contribution in [0.4, 0.5) is 22.2 Å². The van der Waals surface area contributed by atoms with E-state index in [1.54, 1.807) is 24.3 Å². The zero-order valence-electron chi connectivity index (χ0n) is 16.5. The number of anilines is 3. The molecule has 2 aromatic carbocycles. The highest BCUT2D eigenvalue weighted by Gasteiger charge is 2.13. The van der Waals surface area contributed by atoms with Gasteiger partial charge >= 0.3 is 0 Å². The predicted molar refractivity (Wildman–Crippen MR) is 120 cm³/mol. The van der Waals surface area contributed by atoms with Gasteiger partial charge in [-0.2, -0.15) is 0 Å². The van der Waals surface area contributed by atoms with Crippen LogP contribution >= 0.6 is 23.1 Å². The summed E-state index contributed by atoms with van der Waals surface area (Å²) >= 11 is 2.76. The molecule has 0 atom stereocenters. The van der Waals surface area contributed by atoms with Crippen LogP contribution in [0.3, 0.4) is 0 Å². The van der Waals surface area contributed by atoms with Crippen molar-refractivity contribution in [2.75, 3.05) is 10.6 Å². The number of carbonyl (C=O) groups excluding carboxylic acids is 1. The molecule has 1 amide bonds. The van der Waals surface area contributed by atoms with Crippen molar-refractivity contribution in [3.05, 3.63) is 64.5 Å². The molecule has 0 radical (unpaired) electrons. The van der Waals surface area contributed by atoms with Crippen LogP contribution in [-0.4, -0.2) is 31.2 Å². The van der Waals surface area contributed by atoms with Crippen LogP contribution in [0.2, 0.25) is 0 Å². The standard InChI is InChI=1S/C19H15N7O4S2/c1-11(27)20-13-3-2-4-14(9-13)21-18-24-25-19(32-18)31-10-16-22-23-17(30-16)12-5-7-15(8-6-12)26(28)29/h2-9H,10H2,1H3,(H,20,27)(H,21,24). The summed E-state index contributed by atoms with van der Waals surface area (Å²) in [7, 11) is 0. The Kier molecular flexibility index (Phi) is 6.37. The number of rotatable bonds is 8. The number of carbonyl (C=O) groups is 1. The van der Waals surface area contributed by atoms with Crippen LogP contribution in [0.1, 0.15) is 12.8 Å². The second kappa shape index (κ2) is 9.53. The highest BCUT2D eigenvalue weighted by atomic mass is 32.2. The minimum atomic E-state index is -0.468. The minimum absolute atomic E-state index is 0.00781. The monoisotopic (exact) mass is 469 g/mol. The molecule has 162 valence electrons. The van der Waals surface area contributed by atoms with E-state index in [-0.39, 0.29) is 17.5 Å². The van der Waals surface area contributed by atoms with Crippen LogP contribution in [0.5, 0.6) is 0 Å². The molecule has 4 rings (SSSR count). The van der Waals surface area contributed by atoms with Crippen LogP contribution in [0.25, 0.3) is 11.5 Å².